The minimum atomic E-state index is -0.381. The molecule has 2 aliphatic heterocycles. The Labute approximate surface area is 134 Å². The maximum absolute atomic E-state index is 12.7. The minimum absolute atomic E-state index is 0.0319. The van der Waals surface area contributed by atoms with Crippen LogP contribution in [0.4, 0.5) is 4.79 Å². The Bertz CT molecular complexity index is 561. The molecule has 0 saturated carbocycles. The molecular formula is C16H21N3O2S. The number of nitrogens with one attached hydrogen (secondary N) is 2. The maximum Gasteiger partial charge on any atom is 0.279 e. The second-order valence-electron chi connectivity index (χ2n) is 5.64. The fraction of sp³-hybridized carbons (Fsp3) is 0.500. The zero-order chi connectivity index (χ0) is 15.5. The van der Waals surface area contributed by atoms with Crippen molar-refractivity contribution < 1.29 is 9.59 Å². The van der Waals surface area contributed by atoms with Gasteiger partial charge in [-0.3, -0.25) is 9.59 Å². The number of amides is 2. The highest BCUT2D eigenvalue weighted by Crippen LogP contribution is 2.25. The van der Waals surface area contributed by atoms with Crippen molar-refractivity contribution in [2.24, 2.45) is 0 Å². The summed E-state index contributed by atoms with van der Waals surface area (Å²) in [6.07, 6.45) is 1.01. The summed E-state index contributed by atoms with van der Waals surface area (Å²) in [5, 5.41) is 6.01. The van der Waals surface area contributed by atoms with E-state index in [9.17, 15) is 9.59 Å². The van der Waals surface area contributed by atoms with Gasteiger partial charge in [0.25, 0.3) is 5.24 Å². The van der Waals surface area contributed by atoms with Crippen LogP contribution in [0.2, 0.25) is 0 Å². The average Bonchev–Trinajstić information content (AvgIpc) is 3.01. The Morgan fingerprint density at radius 2 is 2.14 bits per heavy atom. The van der Waals surface area contributed by atoms with E-state index in [-0.39, 0.29) is 23.2 Å². The molecule has 0 spiro atoms. The van der Waals surface area contributed by atoms with E-state index in [2.05, 4.69) is 41.8 Å². The summed E-state index contributed by atoms with van der Waals surface area (Å²) in [5.41, 5.74) is 2.44. The summed E-state index contributed by atoms with van der Waals surface area (Å²) in [4.78, 5) is 26.0. The third-order valence-electron chi connectivity index (χ3n) is 4.27. The first-order valence-corrected chi connectivity index (χ1v) is 8.71. The zero-order valence-electron chi connectivity index (χ0n) is 12.7. The van der Waals surface area contributed by atoms with Gasteiger partial charge in [0.1, 0.15) is 6.04 Å². The largest absolute Gasteiger partial charge is 0.334 e. The van der Waals surface area contributed by atoms with Gasteiger partial charge in [-0.2, -0.15) is 0 Å². The molecule has 6 heteroatoms. The zero-order valence-corrected chi connectivity index (χ0v) is 13.5. The van der Waals surface area contributed by atoms with Crippen molar-refractivity contribution >= 4 is 22.9 Å². The molecule has 0 aromatic heterocycles. The molecule has 5 nitrogen and oxygen atoms in total. The van der Waals surface area contributed by atoms with Crippen molar-refractivity contribution in [1.29, 1.82) is 0 Å². The first kappa shape index (κ1) is 15.4. The van der Waals surface area contributed by atoms with E-state index in [1.54, 1.807) is 0 Å². The van der Waals surface area contributed by atoms with E-state index in [1.165, 1.54) is 17.3 Å². The Balaban J connectivity index is 1.78. The van der Waals surface area contributed by atoms with Crippen LogP contribution >= 0.6 is 11.8 Å². The van der Waals surface area contributed by atoms with Gasteiger partial charge in [0.05, 0.1) is 6.04 Å². The number of rotatable bonds is 3. The SMILES string of the molecule is CCc1ccc(C2CNCCN2C(=O)[C@@H]2CSC(=O)N2)cc1. The standard InChI is InChI=1S/C16H21N3O2S/c1-2-11-3-5-12(6-4-11)14-9-17-7-8-19(14)15(20)13-10-22-16(21)18-13/h3-6,13-14,17H,2,7-10H2,1H3,(H,18,21)/t13-,14?/m0/s1. The molecule has 2 fully saturated rings. The number of hydrogen-bond donors (Lipinski definition) is 2. The van der Waals surface area contributed by atoms with E-state index in [1.807, 2.05) is 4.90 Å². The van der Waals surface area contributed by atoms with Gasteiger partial charge < -0.3 is 15.5 Å². The van der Waals surface area contributed by atoms with Gasteiger partial charge in [-0.15, -0.1) is 0 Å². The fourth-order valence-electron chi connectivity index (χ4n) is 2.96. The number of nitrogens with zero attached hydrogens (tertiary/aromatic N) is 1. The first-order valence-electron chi connectivity index (χ1n) is 7.72. The number of piperazine rings is 1. The van der Waals surface area contributed by atoms with Crippen molar-refractivity contribution in [3.8, 4) is 0 Å². The van der Waals surface area contributed by atoms with E-state index >= 15 is 0 Å². The number of carbonyl (C=O) groups is 2. The van der Waals surface area contributed by atoms with Gasteiger partial charge in [-0.1, -0.05) is 43.0 Å². The molecular weight excluding hydrogens is 298 g/mol. The summed E-state index contributed by atoms with van der Waals surface area (Å²) in [6, 6.07) is 8.12. The molecule has 2 atom stereocenters. The monoisotopic (exact) mass is 319 g/mol. The summed E-state index contributed by atoms with van der Waals surface area (Å²) >= 11 is 1.19. The first-order chi connectivity index (χ1) is 10.7. The van der Waals surface area contributed by atoms with Crippen LogP contribution in [0.5, 0.6) is 0 Å². The number of carbonyl (C=O) groups excluding carboxylic acids is 2. The molecule has 1 unspecified atom stereocenters. The van der Waals surface area contributed by atoms with Crippen molar-refractivity contribution in [1.82, 2.24) is 15.5 Å². The third kappa shape index (κ3) is 3.13. The van der Waals surface area contributed by atoms with Gasteiger partial charge in [-0.25, -0.2) is 0 Å². The Kier molecular flexibility index (Phi) is 4.69. The molecule has 2 heterocycles. The number of benzene rings is 1. The number of hydrogen-bond acceptors (Lipinski definition) is 4. The van der Waals surface area contributed by atoms with Crippen LogP contribution < -0.4 is 10.6 Å². The maximum atomic E-state index is 12.7. The van der Waals surface area contributed by atoms with Crippen LogP contribution in [-0.4, -0.2) is 47.5 Å². The highest BCUT2D eigenvalue weighted by atomic mass is 32.2. The summed E-state index contributed by atoms with van der Waals surface area (Å²) < 4.78 is 0. The van der Waals surface area contributed by atoms with Crippen LogP contribution in [0.3, 0.4) is 0 Å². The molecule has 22 heavy (non-hydrogen) atoms. The molecule has 1 aromatic rings. The van der Waals surface area contributed by atoms with Crippen molar-refractivity contribution in [2.75, 3.05) is 25.4 Å². The van der Waals surface area contributed by atoms with E-state index in [4.69, 9.17) is 0 Å². The molecule has 1 aromatic carbocycles. The number of aryl methyl sites for hydroxylation is 1. The second kappa shape index (κ2) is 6.71. The van der Waals surface area contributed by atoms with Crippen molar-refractivity contribution in [3.05, 3.63) is 35.4 Å². The van der Waals surface area contributed by atoms with Crippen molar-refractivity contribution in [2.45, 2.75) is 25.4 Å². The highest BCUT2D eigenvalue weighted by molar-refractivity contribution is 8.14. The molecule has 3 rings (SSSR count). The molecule has 118 valence electrons. The summed E-state index contributed by atoms with van der Waals surface area (Å²) in [6.45, 7) is 4.36. The normalized spacial score (nSPS) is 25.1. The average molecular weight is 319 g/mol. The van der Waals surface area contributed by atoms with Crippen LogP contribution in [0.1, 0.15) is 24.1 Å². The van der Waals surface area contributed by atoms with Gasteiger partial charge in [-0.05, 0) is 17.5 Å². The van der Waals surface area contributed by atoms with Gasteiger partial charge in [0.15, 0.2) is 0 Å². The summed E-state index contributed by atoms with van der Waals surface area (Å²) in [5.74, 6) is 0.563. The molecule has 2 N–H and O–H groups in total. The van der Waals surface area contributed by atoms with Gasteiger partial charge in [0, 0.05) is 25.4 Å². The molecule has 2 aliphatic rings. The predicted molar refractivity (Wildman–Crippen MR) is 87.9 cm³/mol. The lowest BCUT2D eigenvalue weighted by atomic mass is 10.00. The Morgan fingerprint density at radius 1 is 1.36 bits per heavy atom. The lowest BCUT2D eigenvalue weighted by Crippen LogP contribution is -2.54. The highest BCUT2D eigenvalue weighted by Gasteiger charge is 2.36. The van der Waals surface area contributed by atoms with Crippen molar-refractivity contribution in [3.63, 3.8) is 0 Å². The lowest BCUT2D eigenvalue weighted by Gasteiger charge is -2.37. The second-order valence-corrected chi connectivity index (χ2v) is 6.63. The van der Waals surface area contributed by atoms with Crippen LogP contribution in [0.25, 0.3) is 0 Å². The smallest absolute Gasteiger partial charge is 0.279 e. The lowest BCUT2D eigenvalue weighted by molar-refractivity contribution is -0.135. The molecule has 0 bridgehead atoms. The van der Waals surface area contributed by atoms with Crippen LogP contribution in [-0.2, 0) is 11.2 Å². The van der Waals surface area contributed by atoms with Gasteiger partial charge in [0.2, 0.25) is 5.91 Å². The fourth-order valence-corrected chi connectivity index (χ4v) is 3.73. The van der Waals surface area contributed by atoms with E-state index < -0.39 is 0 Å². The molecule has 2 saturated heterocycles. The van der Waals surface area contributed by atoms with Gasteiger partial charge >= 0.3 is 0 Å². The minimum Gasteiger partial charge on any atom is -0.334 e. The number of thioether (sulfide) groups is 1. The molecule has 0 aliphatic carbocycles. The van der Waals surface area contributed by atoms with Crippen LogP contribution in [0.15, 0.2) is 24.3 Å². The van der Waals surface area contributed by atoms with Crippen LogP contribution in [0, 0.1) is 0 Å². The third-order valence-corrected chi connectivity index (χ3v) is 5.15. The predicted octanol–water partition coefficient (Wildman–Crippen LogP) is 1.55. The van der Waals surface area contributed by atoms with E-state index in [0.717, 1.165) is 25.1 Å². The molecule has 0 radical (unpaired) electrons. The summed E-state index contributed by atoms with van der Waals surface area (Å²) in [7, 11) is 0. The Hall–Kier alpha value is -1.53. The Morgan fingerprint density at radius 3 is 2.77 bits per heavy atom. The quantitative estimate of drug-likeness (QED) is 0.887. The molecule has 2 amide bonds. The topological polar surface area (TPSA) is 61.4 Å². The van der Waals surface area contributed by atoms with E-state index in [0.29, 0.717) is 12.3 Å².